The van der Waals surface area contributed by atoms with E-state index in [1.54, 1.807) is 6.92 Å². The molecule has 17 heavy (non-hydrogen) atoms. The van der Waals surface area contributed by atoms with Crippen LogP contribution in [-0.4, -0.2) is 10.2 Å². The van der Waals surface area contributed by atoms with Gasteiger partial charge in [0.1, 0.15) is 5.01 Å². The van der Waals surface area contributed by atoms with E-state index in [-0.39, 0.29) is 4.87 Å². The number of nitrogens with zero attached hydrogens (tertiary/aromatic N) is 1. The van der Waals surface area contributed by atoms with E-state index < -0.39 is 11.7 Å². The maximum atomic E-state index is 12.4. The van der Waals surface area contributed by atoms with Crippen LogP contribution in [0.1, 0.15) is 11.1 Å². The molecule has 0 bridgehead atoms. The van der Waals surface area contributed by atoms with Gasteiger partial charge >= 0.3 is 11.0 Å². The average Bonchev–Trinajstić information content (AvgIpc) is 2.63. The Balaban J connectivity index is 2.49. The number of aryl methyl sites for hydroxylation is 1. The van der Waals surface area contributed by atoms with Crippen molar-refractivity contribution in [1.82, 2.24) is 10.2 Å². The molecule has 0 atom stereocenters. The lowest BCUT2D eigenvalue weighted by Crippen LogP contribution is -2.05. The van der Waals surface area contributed by atoms with Crippen LogP contribution in [0.15, 0.2) is 23.0 Å². The molecule has 2 aromatic rings. The predicted octanol–water partition coefficient (Wildman–Crippen LogP) is 2.83. The molecule has 7 heteroatoms. The van der Waals surface area contributed by atoms with Crippen molar-refractivity contribution in [1.29, 1.82) is 0 Å². The summed E-state index contributed by atoms with van der Waals surface area (Å²) >= 11 is 0.865. The largest absolute Gasteiger partial charge is 0.416 e. The average molecular weight is 260 g/mol. The SMILES string of the molecule is Cc1cc(C(F)(F)F)ccc1-c1n[nH]c(=O)s1. The highest BCUT2D eigenvalue weighted by Gasteiger charge is 2.30. The molecule has 90 valence electrons. The highest BCUT2D eigenvalue weighted by atomic mass is 32.1. The van der Waals surface area contributed by atoms with Gasteiger partial charge in [-0.05, 0) is 24.6 Å². The first-order valence-electron chi connectivity index (χ1n) is 4.61. The third-order valence-corrected chi connectivity index (χ3v) is 3.00. The van der Waals surface area contributed by atoms with Crippen molar-refractivity contribution in [3.05, 3.63) is 39.0 Å². The number of aromatic nitrogens is 2. The standard InChI is InChI=1S/C10H7F3N2OS/c1-5-4-6(10(11,12)13)2-3-7(5)8-14-15-9(16)17-8/h2-4H,1H3,(H,15,16). The number of halogens is 3. The van der Waals surface area contributed by atoms with Gasteiger partial charge in [0.25, 0.3) is 0 Å². The molecule has 1 aromatic heterocycles. The van der Waals surface area contributed by atoms with Crippen LogP contribution < -0.4 is 4.87 Å². The fourth-order valence-corrected chi connectivity index (χ4v) is 2.12. The van der Waals surface area contributed by atoms with Crippen molar-refractivity contribution in [3.63, 3.8) is 0 Å². The highest BCUT2D eigenvalue weighted by Crippen LogP contribution is 2.32. The normalized spacial score (nSPS) is 11.8. The Labute approximate surface area is 97.9 Å². The van der Waals surface area contributed by atoms with Crippen molar-refractivity contribution in [2.75, 3.05) is 0 Å². The number of rotatable bonds is 1. The van der Waals surface area contributed by atoms with Crippen LogP contribution in [-0.2, 0) is 6.18 Å². The summed E-state index contributed by atoms with van der Waals surface area (Å²) in [5.74, 6) is 0. The Bertz CT molecular complexity index is 600. The Morgan fingerprint density at radius 1 is 1.35 bits per heavy atom. The van der Waals surface area contributed by atoms with Crippen LogP contribution in [0, 0.1) is 6.92 Å². The van der Waals surface area contributed by atoms with Crippen LogP contribution in [0.4, 0.5) is 13.2 Å². The molecule has 1 aromatic carbocycles. The summed E-state index contributed by atoms with van der Waals surface area (Å²) < 4.78 is 37.3. The van der Waals surface area contributed by atoms with Crippen LogP contribution in [0.5, 0.6) is 0 Å². The zero-order valence-corrected chi connectivity index (χ0v) is 9.45. The Kier molecular flexibility index (Phi) is 2.78. The first kappa shape index (κ1) is 11.8. The van der Waals surface area contributed by atoms with Crippen molar-refractivity contribution >= 4 is 11.3 Å². The summed E-state index contributed by atoms with van der Waals surface area (Å²) in [5.41, 5.74) is 0.255. The molecular formula is C10H7F3N2OS. The summed E-state index contributed by atoms with van der Waals surface area (Å²) in [6.07, 6.45) is -4.36. The Morgan fingerprint density at radius 3 is 2.53 bits per heavy atom. The maximum Gasteiger partial charge on any atom is 0.416 e. The van der Waals surface area contributed by atoms with Gasteiger partial charge in [0.05, 0.1) is 5.56 Å². The number of alkyl halides is 3. The molecule has 1 heterocycles. The maximum absolute atomic E-state index is 12.4. The highest BCUT2D eigenvalue weighted by molar-refractivity contribution is 7.12. The van der Waals surface area contributed by atoms with E-state index in [4.69, 9.17) is 0 Å². The van der Waals surface area contributed by atoms with Gasteiger partial charge < -0.3 is 0 Å². The molecule has 0 saturated heterocycles. The molecule has 0 amide bonds. The van der Waals surface area contributed by atoms with Crippen molar-refractivity contribution in [3.8, 4) is 10.6 Å². The van der Waals surface area contributed by atoms with E-state index in [9.17, 15) is 18.0 Å². The third-order valence-electron chi connectivity index (χ3n) is 2.22. The summed E-state index contributed by atoms with van der Waals surface area (Å²) in [4.78, 5) is 10.6. The smallest absolute Gasteiger partial charge is 0.255 e. The van der Waals surface area contributed by atoms with Gasteiger partial charge in [-0.25, -0.2) is 5.10 Å². The van der Waals surface area contributed by atoms with Gasteiger partial charge in [-0.3, -0.25) is 4.79 Å². The van der Waals surface area contributed by atoms with Crippen molar-refractivity contribution < 1.29 is 13.2 Å². The minimum atomic E-state index is -4.36. The number of H-pyrrole nitrogens is 1. The number of nitrogens with one attached hydrogen (secondary N) is 1. The fraction of sp³-hybridized carbons (Fsp3) is 0.200. The molecule has 2 rings (SSSR count). The van der Waals surface area contributed by atoms with E-state index in [1.165, 1.54) is 6.07 Å². The molecule has 0 saturated carbocycles. The van der Waals surface area contributed by atoms with E-state index in [0.717, 1.165) is 23.5 Å². The fourth-order valence-electron chi connectivity index (χ4n) is 1.43. The van der Waals surface area contributed by atoms with Gasteiger partial charge in [-0.2, -0.15) is 18.3 Å². The Morgan fingerprint density at radius 2 is 2.06 bits per heavy atom. The third kappa shape index (κ3) is 2.38. The number of hydrogen-bond donors (Lipinski definition) is 1. The van der Waals surface area contributed by atoms with Gasteiger partial charge in [0.15, 0.2) is 0 Å². The summed E-state index contributed by atoms with van der Waals surface area (Å²) in [5, 5.41) is 6.36. The monoisotopic (exact) mass is 260 g/mol. The minimum Gasteiger partial charge on any atom is -0.255 e. The Hall–Kier alpha value is -1.63. The lowest BCUT2D eigenvalue weighted by Gasteiger charge is -2.09. The van der Waals surface area contributed by atoms with Crippen LogP contribution in [0.2, 0.25) is 0 Å². The molecule has 0 fully saturated rings. The number of hydrogen-bond acceptors (Lipinski definition) is 3. The number of benzene rings is 1. The second-order valence-corrected chi connectivity index (χ2v) is 4.41. The molecule has 0 unspecified atom stereocenters. The van der Waals surface area contributed by atoms with Crippen molar-refractivity contribution in [2.45, 2.75) is 13.1 Å². The van der Waals surface area contributed by atoms with Crippen molar-refractivity contribution in [2.24, 2.45) is 0 Å². The minimum absolute atomic E-state index is 0.334. The van der Waals surface area contributed by atoms with Gasteiger partial charge in [0, 0.05) is 5.56 Å². The summed E-state index contributed by atoms with van der Waals surface area (Å²) in [6.45, 7) is 1.55. The molecule has 3 nitrogen and oxygen atoms in total. The van der Waals surface area contributed by atoms with E-state index >= 15 is 0 Å². The summed E-state index contributed by atoms with van der Waals surface area (Å²) in [6, 6.07) is 3.35. The zero-order valence-electron chi connectivity index (χ0n) is 8.63. The van der Waals surface area contributed by atoms with Crippen LogP contribution in [0.3, 0.4) is 0 Å². The lowest BCUT2D eigenvalue weighted by atomic mass is 10.1. The molecule has 0 spiro atoms. The zero-order chi connectivity index (χ0) is 12.6. The van der Waals surface area contributed by atoms with Crippen LogP contribution in [0.25, 0.3) is 10.6 Å². The second kappa shape index (κ2) is 3.99. The van der Waals surface area contributed by atoms with E-state index in [0.29, 0.717) is 16.1 Å². The summed E-state index contributed by atoms with van der Waals surface area (Å²) in [7, 11) is 0. The van der Waals surface area contributed by atoms with E-state index in [2.05, 4.69) is 10.2 Å². The molecule has 0 aliphatic rings. The molecule has 0 aliphatic heterocycles. The topological polar surface area (TPSA) is 45.8 Å². The number of aromatic amines is 1. The second-order valence-electron chi connectivity index (χ2n) is 3.45. The van der Waals surface area contributed by atoms with Gasteiger partial charge in [-0.15, -0.1) is 0 Å². The van der Waals surface area contributed by atoms with E-state index in [1.807, 2.05) is 0 Å². The van der Waals surface area contributed by atoms with Gasteiger partial charge in [-0.1, -0.05) is 17.4 Å². The first-order valence-corrected chi connectivity index (χ1v) is 5.43. The van der Waals surface area contributed by atoms with Crippen LogP contribution >= 0.6 is 11.3 Å². The molecule has 1 N–H and O–H groups in total. The van der Waals surface area contributed by atoms with Gasteiger partial charge in [0.2, 0.25) is 0 Å². The molecular weight excluding hydrogens is 253 g/mol. The molecule has 0 radical (unpaired) electrons. The quantitative estimate of drug-likeness (QED) is 0.857. The molecule has 0 aliphatic carbocycles. The lowest BCUT2D eigenvalue weighted by molar-refractivity contribution is -0.137. The predicted molar refractivity (Wildman–Crippen MR) is 57.9 cm³/mol. The first-order chi connectivity index (χ1) is 7.88.